The largest absolute Gasteiger partial charge is 0.382 e. The summed E-state index contributed by atoms with van der Waals surface area (Å²) in [6, 6.07) is 0. The zero-order valence-corrected chi connectivity index (χ0v) is 12.0. The maximum absolute atomic E-state index is 11.8. The summed E-state index contributed by atoms with van der Waals surface area (Å²) in [6.07, 6.45) is 6.10. The summed E-state index contributed by atoms with van der Waals surface area (Å²) in [7, 11) is 0. The van der Waals surface area contributed by atoms with Crippen LogP contribution in [-0.2, 0) is 0 Å². The van der Waals surface area contributed by atoms with Crippen molar-refractivity contribution < 1.29 is 4.79 Å². The smallest absolute Gasteiger partial charge is 0.302 e. The lowest BCUT2D eigenvalue weighted by molar-refractivity contribution is 0.0998. The fourth-order valence-corrected chi connectivity index (χ4v) is 2.20. The van der Waals surface area contributed by atoms with Crippen LogP contribution in [0.5, 0.6) is 0 Å². The summed E-state index contributed by atoms with van der Waals surface area (Å²) in [5.41, 5.74) is 15.9. The highest BCUT2D eigenvalue weighted by Crippen LogP contribution is 2.25. The van der Waals surface area contributed by atoms with Crippen molar-refractivity contribution in [1.82, 2.24) is 9.97 Å². The molecule has 0 saturated heterocycles. The fourth-order valence-electron chi connectivity index (χ4n) is 1.95. The number of carbonyl (C=O) groups excluding carboxylic acids is 1. The van der Waals surface area contributed by atoms with Gasteiger partial charge in [-0.15, -0.1) is 0 Å². The molecule has 1 amide bonds. The van der Waals surface area contributed by atoms with Crippen LogP contribution in [0.1, 0.15) is 23.3 Å². The first kappa shape index (κ1) is 15.0. The Morgan fingerprint density at radius 1 is 1.33 bits per heavy atom. The maximum Gasteiger partial charge on any atom is 0.302 e. The summed E-state index contributed by atoms with van der Waals surface area (Å²) < 4.78 is 0. The lowest BCUT2D eigenvalue weighted by Gasteiger charge is -2.21. The molecule has 2 rings (SSSR count). The first-order valence-corrected chi connectivity index (χ1v) is 6.73. The molecule has 6 N–H and O–H groups in total. The Labute approximate surface area is 126 Å². The minimum Gasteiger partial charge on any atom is -0.382 e. The van der Waals surface area contributed by atoms with Crippen LogP contribution in [0.15, 0.2) is 17.1 Å². The highest BCUT2D eigenvalue weighted by molar-refractivity contribution is 6.32. The summed E-state index contributed by atoms with van der Waals surface area (Å²) in [5, 5.41) is 0.0913. The number of guanidine groups is 1. The van der Waals surface area contributed by atoms with Crippen molar-refractivity contribution >= 4 is 35.1 Å². The van der Waals surface area contributed by atoms with E-state index >= 15 is 0 Å². The predicted octanol–water partition coefficient (Wildman–Crippen LogP) is 0.282. The van der Waals surface area contributed by atoms with Gasteiger partial charge in [-0.1, -0.05) is 23.8 Å². The van der Waals surface area contributed by atoms with E-state index < -0.39 is 5.91 Å². The molecule has 0 atom stereocenters. The molecule has 2 heterocycles. The number of carbonyl (C=O) groups is 1. The summed E-state index contributed by atoms with van der Waals surface area (Å²) in [4.78, 5) is 25.2. The number of hydrogen-bond donors (Lipinski definition) is 3. The molecular formula is C12H16ClN7O. The van der Waals surface area contributed by atoms with E-state index in [1.165, 1.54) is 0 Å². The SMILES string of the molecule is NC(N)=NC(=O)c1nc(Cl)c(N2CC=CCCC2)nc1N. The van der Waals surface area contributed by atoms with Crippen LogP contribution < -0.4 is 22.1 Å². The van der Waals surface area contributed by atoms with E-state index in [1.54, 1.807) is 0 Å². The normalized spacial score (nSPS) is 14.6. The molecule has 0 aromatic carbocycles. The summed E-state index contributed by atoms with van der Waals surface area (Å²) in [5.74, 6) is -0.761. The zero-order valence-electron chi connectivity index (χ0n) is 11.3. The molecule has 8 nitrogen and oxygen atoms in total. The second-order valence-electron chi connectivity index (χ2n) is 4.47. The number of rotatable bonds is 2. The van der Waals surface area contributed by atoms with Crippen LogP contribution in [0, 0.1) is 0 Å². The Hall–Kier alpha value is -2.35. The first-order valence-electron chi connectivity index (χ1n) is 6.36. The lowest BCUT2D eigenvalue weighted by Crippen LogP contribution is -2.27. The Balaban J connectivity index is 2.34. The van der Waals surface area contributed by atoms with Crippen molar-refractivity contribution in [3.63, 3.8) is 0 Å². The molecule has 0 spiro atoms. The molecule has 112 valence electrons. The van der Waals surface area contributed by atoms with Crippen LogP contribution in [-0.4, -0.2) is 34.9 Å². The number of hydrogen-bond acceptors (Lipinski definition) is 5. The van der Waals surface area contributed by atoms with Gasteiger partial charge in [0.05, 0.1) is 0 Å². The van der Waals surface area contributed by atoms with Gasteiger partial charge in [0.1, 0.15) is 0 Å². The second-order valence-corrected chi connectivity index (χ2v) is 4.83. The van der Waals surface area contributed by atoms with Gasteiger partial charge in [-0.2, -0.15) is 4.99 Å². The Kier molecular flexibility index (Phi) is 4.59. The maximum atomic E-state index is 11.8. The quantitative estimate of drug-likeness (QED) is 0.405. The number of nitrogens with two attached hydrogens (primary N) is 3. The van der Waals surface area contributed by atoms with Gasteiger partial charge >= 0.3 is 5.91 Å². The minimum absolute atomic E-state index is 0.0578. The third-order valence-electron chi connectivity index (χ3n) is 2.89. The van der Waals surface area contributed by atoms with Crippen molar-refractivity contribution in [3.8, 4) is 0 Å². The molecule has 0 radical (unpaired) electrons. The third kappa shape index (κ3) is 3.60. The van der Waals surface area contributed by atoms with E-state index in [0.29, 0.717) is 12.4 Å². The van der Waals surface area contributed by atoms with E-state index in [9.17, 15) is 4.79 Å². The van der Waals surface area contributed by atoms with Crippen molar-refractivity contribution in [1.29, 1.82) is 0 Å². The first-order chi connectivity index (χ1) is 9.99. The molecule has 9 heteroatoms. The summed E-state index contributed by atoms with van der Waals surface area (Å²) in [6.45, 7) is 1.44. The van der Waals surface area contributed by atoms with Gasteiger partial charge < -0.3 is 22.1 Å². The Bertz CT molecular complexity index is 610. The molecule has 1 aromatic rings. The van der Waals surface area contributed by atoms with E-state index in [2.05, 4.69) is 21.0 Å². The number of aromatic nitrogens is 2. The van der Waals surface area contributed by atoms with Gasteiger partial charge in [0.2, 0.25) is 0 Å². The zero-order chi connectivity index (χ0) is 15.4. The molecule has 0 bridgehead atoms. The van der Waals surface area contributed by atoms with E-state index in [-0.39, 0.29) is 22.6 Å². The number of amides is 1. The van der Waals surface area contributed by atoms with Gasteiger partial charge in [-0.3, -0.25) is 4.79 Å². The van der Waals surface area contributed by atoms with Gasteiger partial charge in [-0.25, -0.2) is 9.97 Å². The van der Waals surface area contributed by atoms with Crippen molar-refractivity contribution in [3.05, 3.63) is 23.0 Å². The van der Waals surface area contributed by atoms with E-state index in [0.717, 1.165) is 19.4 Å². The molecule has 0 unspecified atom stereocenters. The van der Waals surface area contributed by atoms with Gasteiger partial charge in [0.15, 0.2) is 28.4 Å². The predicted molar refractivity (Wildman–Crippen MR) is 82.2 cm³/mol. The topological polar surface area (TPSA) is 137 Å². The van der Waals surface area contributed by atoms with Crippen LogP contribution in [0.4, 0.5) is 11.6 Å². The molecule has 21 heavy (non-hydrogen) atoms. The van der Waals surface area contributed by atoms with Gasteiger partial charge in [0.25, 0.3) is 0 Å². The second kappa shape index (κ2) is 6.40. The Morgan fingerprint density at radius 2 is 2.10 bits per heavy atom. The number of allylic oxidation sites excluding steroid dienone is 1. The number of anilines is 2. The summed E-state index contributed by atoms with van der Waals surface area (Å²) >= 11 is 6.11. The van der Waals surface area contributed by atoms with Crippen molar-refractivity contribution in [2.75, 3.05) is 23.7 Å². The molecular weight excluding hydrogens is 294 g/mol. The molecule has 0 saturated carbocycles. The van der Waals surface area contributed by atoms with Crippen LogP contribution >= 0.6 is 11.6 Å². The standard InChI is InChI=1S/C12H16ClN7O/c13-8-10(20-5-3-1-2-4-6-20)18-9(14)7(17-8)11(21)19-12(15)16/h1,3H,2,4-6H2,(H2,14,18)(H4,15,16,19,21). The highest BCUT2D eigenvalue weighted by Gasteiger charge is 2.20. The lowest BCUT2D eigenvalue weighted by atomic mass is 10.3. The minimum atomic E-state index is -0.774. The fraction of sp³-hybridized carbons (Fsp3) is 0.333. The van der Waals surface area contributed by atoms with Crippen LogP contribution in [0.25, 0.3) is 0 Å². The molecule has 0 fully saturated rings. The van der Waals surface area contributed by atoms with Crippen LogP contribution in [0.2, 0.25) is 5.15 Å². The molecule has 1 aliphatic heterocycles. The monoisotopic (exact) mass is 309 g/mol. The van der Waals surface area contributed by atoms with Gasteiger partial charge in [0, 0.05) is 13.1 Å². The van der Waals surface area contributed by atoms with Crippen LogP contribution in [0.3, 0.4) is 0 Å². The third-order valence-corrected chi connectivity index (χ3v) is 3.14. The number of aliphatic imine (C=N–C) groups is 1. The van der Waals surface area contributed by atoms with Crippen molar-refractivity contribution in [2.45, 2.75) is 12.8 Å². The molecule has 1 aliphatic rings. The Morgan fingerprint density at radius 3 is 2.81 bits per heavy atom. The number of halogens is 1. The van der Waals surface area contributed by atoms with E-state index in [4.69, 9.17) is 28.8 Å². The number of nitrogens with zero attached hydrogens (tertiary/aromatic N) is 4. The van der Waals surface area contributed by atoms with E-state index in [1.807, 2.05) is 11.0 Å². The highest BCUT2D eigenvalue weighted by atomic mass is 35.5. The average molecular weight is 310 g/mol. The van der Waals surface area contributed by atoms with Crippen molar-refractivity contribution in [2.24, 2.45) is 16.5 Å². The van der Waals surface area contributed by atoms with Gasteiger partial charge in [-0.05, 0) is 12.8 Å². The number of nitrogen functional groups attached to an aromatic ring is 1. The molecule has 1 aromatic heterocycles. The average Bonchev–Trinajstić information content (AvgIpc) is 2.69. The molecule has 0 aliphatic carbocycles.